The molecule has 6 nitrogen and oxygen atoms in total. The van der Waals surface area contributed by atoms with Gasteiger partial charge in [0.1, 0.15) is 0 Å². The summed E-state index contributed by atoms with van der Waals surface area (Å²) in [6, 6.07) is 0. The lowest BCUT2D eigenvalue weighted by Gasteiger charge is -2.36. The zero-order valence-electron chi connectivity index (χ0n) is 11.9. The molecular formula is C12H21N5OS. The van der Waals surface area contributed by atoms with Crippen molar-refractivity contribution in [3.05, 3.63) is 0 Å². The van der Waals surface area contributed by atoms with E-state index in [1.807, 2.05) is 11.8 Å². The smallest absolute Gasteiger partial charge is 0.235 e. The van der Waals surface area contributed by atoms with Crippen LogP contribution in [0.3, 0.4) is 0 Å². The topological polar surface area (TPSA) is 63.9 Å². The van der Waals surface area contributed by atoms with E-state index in [2.05, 4.69) is 29.4 Å². The van der Waals surface area contributed by atoms with Gasteiger partial charge in [-0.2, -0.15) is 0 Å². The molecule has 19 heavy (non-hydrogen) atoms. The summed E-state index contributed by atoms with van der Waals surface area (Å²) in [5.41, 5.74) is 0. The van der Waals surface area contributed by atoms with Crippen molar-refractivity contribution in [3.8, 4) is 0 Å². The van der Waals surface area contributed by atoms with Crippen molar-refractivity contribution in [2.24, 2.45) is 18.9 Å². The Bertz CT molecular complexity index is 439. The van der Waals surface area contributed by atoms with Crippen LogP contribution < -0.4 is 0 Å². The molecule has 106 valence electrons. The molecule has 0 aliphatic carbocycles. The summed E-state index contributed by atoms with van der Waals surface area (Å²) in [4.78, 5) is 14.4. The van der Waals surface area contributed by atoms with Crippen LogP contribution >= 0.6 is 11.8 Å². The number of nitrogens with zero attached hydrogens (tertiary/aromatic N) is 5. The Morgan fingerprint density at radius 3 is 2.53 bits per heavy atom. The van der Waals surface area contributed by atoms with Gasteiger partial charge in [-0.15, -0.1) is 5.10 Å². The quantitative estimate of drug-likeness (QED) is 0.780. The van der Waals surface area contributed by atoms with Crippen molar-refractivity contribution in [3.63, 3.8) is 0 Å². The first kappa shape index (κ1) is 14.3. The highest BCUT2D eigenvalue weighted by molar-refractivity contribution is 8.00. The molecule has 7 heteroatoms. The average molecular weight is 283 g/mol. The number of hydrogen-bond donors (Lipinski definition) is 0. The fourth-order valence-electron chi connectivity index (χ4n) is 2.63. The maximum atomic E-state index is 12.5. The van der Waals surface area contributed by atoms with Gasteiger partial charge in [0.05, 0.1) is 5.25 Å². The van der Waals surface area contributed by atoms with Crippen LogP contribution in [0.1, 0.15) is 27.2 Å². The SMILES string of the molecule is C[C@H]1C[C@H](C)CN(C(=O)[C@@H](C)Sc2nnnn2C)C1. The number of thioether (sulfide) groups is 1. The Hall–Kier alpha value is -1.11. The van der Waals surface area contributed by atoms with E-state index >= 15 is 0 Å². The molecule has 0 unspecified atom stereocenters. The third-order valence-corrected chi connectivity index (χ3v) is 4.50. The summed E-state index contributed by atoms with van der Waals surface area (Å²) in [5, 5.41) is 11.8. The van der Waals surface area contributed by atoms with Crippen LogP contribution in [0, 0.1) is 11.8 Å². The van der Waals surface area contributed by atoms with E-state index < -0.39 is 0 Å². The first-order valence-electron chi connectivity index (χ1n) is 6.65. The third kappa shape index (κ3) is 3.46. The summed E-state index contributed by atoms with van der Waals surface area (Å²) < 4.78 is 1.59. The number of carbonyl (C=O) groups excluding carboxylic acids is 1. The van der Waals surface area contributed by atoms with E-state index in [0.29, 0.717) is 17.0 Å². The lowest BCUT2D eigenvalue weighted by atomic mass is 9.92. The molecule has 2 heterocycles. The Labute approximate surface area is 117 Å². The Balaban J connectivity index is 1.97. The number of carbonyl (C=O) groups is 1. The van der Waals surface area contributed by atoms with Gasteiger partial charge < -0.3 is 4.90 Å². The molecule has 1 saturated heterocycles. The molecule has 1 amide bonds. The lowest BCUT2D eigenvalue weighted by Crippen LogP contribution is -2.45. The van der Waals surface area contributed by atoms with Gasteiger partial charge in [0.15, 0.2) is 0 Å². The van der Waals surface area contributed by atoms with Crippen molar-refractivity contribution in [1.82, 2.24) is 25.1 Å². The molecule has 1 aromatic heterocycles. The van der Waals surface area contributed by atoms with Gasteiger partial charge in [0, 0.05) is 20.1 Å². The Morgan fingerprint density at radius 2 is 2.00 bits per heavy atom. The van der Waals surface area contributed by atoms with Gasteiger partial charge >= 0.3 is 0 Å². The molecule has 1 aliphatic rings. The lowest BCUT2D eigenvalue weighted by molar-refractivity contribution is -0.132. The normalized spacial score (nSPS) is 25.4. The summed E-state index contributed by atoms with van der Waals surface area (Å²) in [6.07, 6.45) is 1.21. The predicted molar refractivity (Wildman–Crippen MR) is 73.6 cm³/mol. The Kier molecular flexibility index (Phi) is 4.44. The van der Waals surface area contributed by atoms with Gasteiger partial charge in [-0.05, 0) is 35.6 Å². The van der Waals surface area contributed by atoms with E-state index in [9.17, 15) is 4.79 Å². The number of hydrogen-bond acceptors (Lipinski definition) is 5. The summed E-state index contributed by atoms with van der Waals surface area (Å²) in [5.74, 6) is 1.36. The minimum atomic E-state index is -0.151. The van der Waals surface area contributed by atoms with Crippen LogP contribution in [0.4, 0.5) is 0 Å². The zero-order chi connectivity index (χ0) is 14.0. The predicted octanol–water partition coefficient (Wildman–Crippen LogP) is 1.20. The molecule has 3 atom stereocenters. The van der Waals surface area contributed by atoms with E-state index in [-0.39, 0.29) is 11.2 Å². The summed E-state index contributed by atoms with van der Waals surface area (Å²) in [7, 11) is 1.78. The van der Waals surface area contributed by atoms with E-state index in [1.165, 1.54) is 18.2 Å². The molecule has 2 rings (SSSR count). The van der Waals surface area contributed by atoms with Crippen LogP contribution in [0.25, 0.3) is 0 Å². The second-order valence-electron chi connectivity index (χ2n) is 5.53. The molecule has 1 aromatic rings. The van der Waals surface area contributed by atoms with Crippen molar-refractivity contribution < 1.29 is 4.79 Å². The molecule has 0 bridgehead atoms. The summed E-state index contributed by atoms with van der Waals surface area (Å²) >= 11 is 1.42. The van der Waals surface area contributed by atoms with Gasteiger partial charge in [0.2, 0.25) is 11.1 Å². The van der Waals surface area contributed by atoms with Crippen LogP contribution in [-0.2, 0) is 11.8 Å². The van der Waals surface area contributed by atoms with Gasteiger partial charge in [-0.3, -0.25) is 4.79 Å². The highest BCUT2D eigenvalue weighted by atomic mass is 32.2. The van der Waals surface area contributed by atoms with Crippen LogP contribution in [0.15, 0.2) is 5.16 Å². The zero-order valence-corrected chi connectivity index (χ0v) is 12.7. The van der Waals surface area contributed by atoms with Crippen molar-refractivity contribution in [2.45, 2.75) is 37.6 Å². The van der Waals surface area contributed by atoms with Crippen LogP contribution in [-0.4, -0.2) is 49.4 Å². The van der Waals surface area contributed by atoms with E-state index in [4.69, 9.17) is 0 Å². The fourth-order valence-corrected chi connectivity index (χ4v) is 3.47. The largest absolute Gasteiger partial charge is 0.341 e. The maximum Gasteiger partial charge on any atom is 0.235 e. The molecule has 1 aliphatic heterocycles. The van der Waals surface area contributed by atoms with Crippen LogP contribution in [0.5, 0.6) is 0 Å². The summed E-state index contributed by atoms with van der Waals surface area (Å²) in [6.45, 7) is 8.07. The highest BCUT2D eigenvalue weighted by Gasteiger charge is 2.29. The average Bonchev–Trinajstić information content (AvgIpc) is 2.72. The van der Waals surface area contributed by atoms with Gasteiger partial charge in [0.25, 0.3) is 0 Å². The third-order valence-electron chi connectivity index (χ3n) is 3.39. The molecule has 0 spiro atoms. The van der Waals surface area contributed by atoms with E-state index in [1.54, 1.807) is 11.7 Å². The number of tetrazole rings is 1. The molecule has 0 radical (unpaired) electrons. The number of aromatic nitrogens is 4. The molecule has 0 N–H and O–H groups in total. The van der Waals surface area contributed by atoms with Gasteiger partial charge in [-0.1, -0.05) is 25.6 Å². The first-order valence-corrected chi connectivity index (χ1v) is 7.53. The minimum absolute atomic E-state index is 0.151. The molecule has 1 fully saturated rings. The number of aryl methyl sites for hydroxylation is 1. The molecule has 0 saturated carbocycles. The van der Waals surface area contributed by atoms with Crippen LogP contribution in [0.2, 0.25) is 0 Å². The first-order chi connectivity index (χ1) is 8.97. The number of piperidine rings is 1. The standard InChI is InChI=1S/C12H21N5OS/c1-8-5-9(2)7-17(6-8)11(18)10(3)19-12-13-14-15-16(12)4/h8-10H,5-7H2,1-4H3/t8-,9-,10+/m0/s1. The second-order valence-corrected chi connectivity index (χ2v) is 6.84. The van der Waals surface area contributed by atoms with E-state index in [0.717, 1.165) is 13.1 Å². The van der Waals surface area contributed by atoms with Crippen molar-refractivity contribution in [1.29, 1.82) is 0 Å². The second kappa shape index (κ2) is 5.90. The number of likely N-dealkylation sites (tertiary alicyclic amines) is 1. The van der Waals surface area contributed by atoms with Gasteiger partial charge in [-0.25, -0.2) is 4.68 Å². The maximum absolute atomic E-state index is 12.5. The van der Waals surface area contributed by atoms with Crippen molar-refractivity contribution >= 4 is 17.7 Å². The highest BCUT2D eigenvalue weighted by Crippen LogP contribution is 2.25. The minimum Gasteiger partial charge on any atom is -0.341 e. The molecule has 0 aromatic carbocycles. The fraction of sp³-hybridized carbons (Fsp3) is 0.833. The Morgan fingerprint density at radius 1 is 1.37 bits per heavy atom. The molecular weight excluding hydrogens is 262 g/mol. The number of rotatable bonds is 3. The van der Waals surface area contributed by atoms with Crippen molar-refractivity contribution in [2.75, 3.05) is 13.1 Å². The monoisotopic (exact) mass is 283 g/mol. The number of amides is 1.